The highest BCUT2D eigenvalue weighted by Gasteiger charge is 2.19. The molecule has 100 valence electrons. The van der Waals surface area contributed by atoms with Crippen molar-refractivity contribution in [3.8, 4) is 0 Å². The first kappa shape index (κ1) is 15.1. The van der Waals surface area contributed by atoms with Gasteiger partial charge in [0.1, 0.15) is 6.10 Å². The molecule has 5 nitrogen and oxygen atoms in total. The number of pyridine rings is 1. The number of thioether (sulfide) groups is 1. The van der Waals surface area contributed by atoms with Gasteiger partial charge in [-0.05, 0) is 24.1 Å². The molecule has 0 fully saturated rings. The molecule has 6 heteroatoms. The van der Waals surface area contributed by atoms with Crippen LogP contribution in [0.1, 0.15) is 30.7 Å². The molecule has 3 N–H and O–H groups in total. The fourth-order valence-corrected chi connectivity index (χ4v) is 2.08. The Bertz CT molecular complexity index is 399. The molecule has 0 aromatic carbocycles. The number of rotatable bonds is 6. The SMILES string of the molecule is CC(=O)SCCC(O)C(O)c1cc(CO)ccn1. The zero-order valence-electron chi connectivity index (χ0n) is 10.1. The van der Waals surface area contributed by atoms with Crippen molar-refractivity contribution in [3.63, 3.8) is 0 Å². The Morgan fingerprint density at radius 2 is 2.22 bits per heavy atom. The van der Waals surface area contributed by atoms with Crippen LogP contribution in [0.5, 0.6) is 0 Å². The number of carbonyl (C=O) groups is 1. The van der Waals surface area contributed by atoms with Gasteiger partial charge in [-0.25, -0.2) is 0 Å². The van der Waals surface area contributed by atoms with Crippen LogP contribution in [-0.2, 0) is 11.4 Å². The third kappa shape index (κ3) is 4.73. The summed E-state index contributed by atoms with van der Waals surface area (Å²) in [5, 5.41) is 28.6. The number of hydrogen-bond donors (Lipinski definition) is 3. The predicted octanol–water partition coefficient (Wildman–Crippen LogP) is 0.638. The normalized spacial score (nSPS) is 14.2. The maximum absolute atomic E-state index is 10.7. The molecular formula is C12H17NO4S. The van der Waals surface area contributed by atoms with E-state index in [0.717, 1.165) is 11.8 Å². The second-order valence-electron chi connectivity index (χ2n) is 3.89. The number of nitrogens with zero attached hydrogens (tertiary/aromatic N) is 1. The van der Waals surface area contributed by atoms with Gasteiger partial charge in [0.25, 0.3) is 0 Å². The van der Waals surface area contributed by atoms with E-state index in [1.54, 1.807) is 12.1 Å². The highest BCUT2D eigenvalue weighted by atomic mass is 32.2. The van der Waals surface area contributed by atoms with Crippen LogP contribution in [0.4, 0.5) is 0 Å². The lowest BCUT2D eigenvalue weighted by molar-refractivity contribution is -0.109. The number of aromatic nitrogens is 1. The van der Waals surface area contributed by atoms with E-state index in [-0.39, 0.29) is 11.7 Å². The predicted molar refractivity (Wildman–Crippen MR) is 68.9 cm³/mol. The Morgan fingerprint density at radius 1 is 1.50 bits per heavy atom. The Labute approximate surface area is 110 Å². The van der Waals surface area contributed by atoms with Crippen LogP contribution in [0.15, 0.2) is 18.3 Å². The van der Waals surface area contributed by atoms with Crippen molar-refractivity contribution < 1.29 is 20.1 Å². The van der Waals surface area contributed by atoms with Crippen molar-refractivity contribution in [2.45, 2.75) is 32.2 Å². The molecule has 1 rings (SSSR count). The molecule has 0 radical (unpaired) electrons. The van der Waals surface area contributed by atoms with Crippen molar-refractivity contribution in [1.29, 1.82) is 0 Å². The Kier molecular flexibility index (Phi) is 6.28. The van der Waals surface area contributed by atoms with Gasteiger partial charge in [0, 0.05) is 18.9 Å². The number of hydrogen-bond acceptors (Lipinski definition) is 6. The largest absolute Gasteiger partial charge is 0.392 e. The van der Waals surface area contributed by atoms with Crippen LogP contribution in [-0.4, -0.2) is 37.3 Å². The molecular weight excluding hydrogens is 254 g/mol. The standard InChI is InChI=1S/C12H17NO4S/c1-8(15)18-5-3-11(16)12(17)10-6-9(7-14)2-4-13-10/h2,4,6,11-12,14,16-17H,3,5,7H2,1H3. The van der Waals surface area contributed by atoms with Gasteiger partial charge in [0.2, 0.25) is 0 Å². The summed E-state index contributed by atoms with van der Waals surface area (Å²) in [6, 6.07) is 3.18. The summed E-state index contributed by atoms with van der Waals surface area (Å²) in [5.74, 6) is 0.452. The molecule has 0 saturated carbocycles. The molecule has 0 aliphatic rings. The van der Waals surface area contributed by atoms with Gasteiger partial charge in [0.05, 0.1) is 18.4 Å². The van der Waals surface area contributed by atoms with Gasteiger partial charge in [-0.1, -0.05) is 11.8 Å². The van der Waals surface area contributed by atoms with E-state index in [1.165, 1.54) is 13.1 Å². The smallest absolute Gasteiger partial charge is 0.185 e. The minimum Gasteiger partial charge on any atom is -0.392 e. The van der Waals surface area contributed by atoms with Crippen LogP contribution >= 0.6 is 11.8 Å². The van der Waals surface area contributed by atoms with Crippen molar-refractivity contribution in [1.82, 2.24) is 4.98 Å². The van der Waals surface area contributed by atoms with E-state index in [4.69, 9.17) is 5.11 Å². The van der Waals surface area contributed by atoms with E-state index in [9.17, 15) is 15.0 Å². The number of carbonyl (C=O) groups excluding carboxylic acids is 1. The molecule has 1 aromatic heterocycles. The maximum atomic E-state index is 10.7. The third-order valence-corrected chi connectivity index (χ3v) is 3.26. The first-order valence-corrected chi connectivity index (χ1v) is 6.58. The zero-order valence-corrected chi connectivity index (χ0v) is 10.9. The minimum atomic E-state index is -1.11. The van der Waals surface area contributed by atoms with E-state index >= 15 is 0 Å². The average molecular weight is 271 g/mol. The van der Waals surface area contributed by atoms with Crippen LogP contribution < -0.4 is 0 Å². The molecule has 0 amide bonds. The Balaban J connectivity index is 2.56. The fraction of sp³-hybridized carbons (Fsp3) is 0.500. The van der Waals surface area contributed by atoms with E-state index in [2.05, 4.69) is 4.98 Å². The van der Waals surface area contributed by atoms with Gasteiger partial charge >= 0.3 is 0 Å². The van der Waals surface area contributed by atoms with E-state index in [0.29, 0.717) is 23.4 Å². The molecule has 18 heavy (non-hydrogen) atoms. The zero-order chi connectivity index (χ0) is 13.5. The number of aliphatic hydroxyl groups is 3. The fourth-order valence-electron chi connectivity index (χ4n) is 1.43. The van der Waals surface area contributed by atoms with Crippen LogP contribution in [0.2, 0.25) is 0 Å². The topological polar surface area (TPSA) is 90.7 Å². The Hall–Kier alpha value is -0.950. The molecule has 1 heterocycles. The highest BCUT2D eigenvalue weighted by Crippen LogP contribution is 2.19. The van der Waals surface area contributed by atoms with Gasteiger partial charge in [-0.15, -0.1) is 0 Å². The lowest BCUT2D eigenvalue weighted by Crippen LogP contribution is -2.20. The third-order valence-electron chi connectivity index (χ3n) is 2.41. The van der Waals surface area contributed by atoms with Crippen molar-refractivity contribution >= 4 is 16.9 Å². The summed E-state index contributed by atoms with van der Waals surface area (Å²) in [6.07, 6.45) is -0.306. The molecule has 0 saturated heterocycles. The molecule has 1 aromatic rings. The Morgan fingerprint density at radius 3 is 2.83 bits per heavy atom. The summed E-state index contributed by atoms with van der Waals surface area (Å²) in [4.78, 5) is 14.7. The summed E-state index contributed by atoms with van der Waals surface area (Å²) in [7, 11) is 0. The quantitative estimate of drug-likeness (QED) is 0.703. The van der Waals surface area contributed by atoms with E-state index < -0.39 is 12.2 Å². The summed E-state index contributed by atoms with van der Waals surface area (Å²) in [5.41, 5.74) is 0.950. The van der Waals surface area contributed by atoms with Crippen molar-refractivity contribution in [2.75, 3.05) is 5.75 Å². The monoisotopic (exact) mass is 271 g/mol. The average Bonchev–Trinajstić information content (AvgIpc) is 2.37. The van der Waals surface area contributed by atoms with E-state index in [1.807, 2.05) is 0 Å². The molecule has 0 bridgehead atoms. The summed E-state index contributed by atoms with van der Waals surface area (Å²) in [6.45, 7) is 1.32. The van der Waals surface area contributed by atoms with Crippen molar-refractivity contribution in [2.24, 2.45) is 0 Å². The molecule has 2 unspecified atom stereocenters. The van der Waals surface area contributed by atoms with Gasteiger partial charge < -0.3 is 15.3 Å². The minimum absolute atomic E-state index is 0.0166. The van der Waals surface area contributed by atoms with Crippen LogP contribution in [0.25, 0.3) is 0 Å². The molecule has 0 aliphatic heterocycles. The first-order valence-electron chi connectivity index (χ1n) is 5.59. The lowest BCUT2D eigenvalue weighted by atomic mass is 10.1. The first-order chi connectivity index (χ1) is 8.54. The van der Waals surface area contributed by atoms with Gasteiger partial charge in [0.15, 0.2) is 5.12 Å². The highest BCUT2D eigenvalue weighted by molar-refractivity contribution is 8.13. The number of aliphatic hydroxyl groups excluding tert-OH is 3. The van der Waals surface area contributed by atoms with Crippen LogP contribution in [0, 0.1) is 0 Å². The molecule has 0 aliphatic carbocycles. The lowest BCUT2D eigenvalue weighted by Gasteiger charge is -2.17. The summed E-state index contributed by atoms with van der Waals surface area (Å²) < 4.78 is 0. The summed E-state index contributed by atoms with van der Waals surface area (Å²) >= 11 is 1.11. The maximum Gasteiger partial charge on any atom is 0.185 e. The molecule has 0 spiro atoms. The van der Waals surface area contributed by atoms with Crippen LogP contribution in [0.3, 0.4) is 0 Å². The van der Waals surface area contributed by atoms with Crippen molar-refractivity contribution in [3.05, 3.63) is 29.6 Å². The molecule has 2 atom stereocenters. The van der Waals surface area contributed by atoms with Gasteiger partial charge in [-0.2, -0.15) is 0 Å². The second kappa shape index (κ2) is 7.48. The second-order valence-corrected chi connectivity index (χ2v) is 5.16. The van der Waals surface area contributed by atoms with Gasteiger partial charge in [-0.3, -0.25) is 9.78 Å².